The number of hydrogen-bond acceptors (Lipinski definition) is 2. The fourth-order valence-corrected chi connectivity index (χ4v) is 2.00. The van der Waals surface area contributed by atoms with Crippen LogP contribution >= 0.6 is 0 Å². The SMILES string of the molecule is Cc1cc(F)c(F)cc1C(=O)NCC1CCCO1. The topological polar surface area (TPSA) is 38.3 Å². The molecule has 0 bridgehead atoms. The van der Waals surface area contributed by atoms with E-state index in [1.807, 2.05) is 0 Å². The third-order valence-electron chi connectivity index (χ3n) is 3.03. The Kier molecular flexibility index (Phi) is 3.91. The molecular weight excluding hydrogens is 240 g/mol. The van der Waals surface area contributed by atoms with Gasteiger partial charge in [-0.3, -0.25) is 4.79 Å². The number of halogens is 2. The Morgan fingerprint density at radius 1 is 1.44 bits per heavy atom. The highest BCUT2D eigenvalue weighted by atomic mass is 19.2. The number of hydrogen-bond donors (Lipinski definition) is 1. The number of carbonyl (C=O) groups is 1. The second-order valence-electron chi connectivity index (χ2n) is 4.43. The molecule has 1 heterocycles. The quantitative estimate of drug-likeness (QED) is 0.899. The van der Waals surface area contributed by atoms with Gasteiger partial charge < -0.3 is 10.1 Å². The Labute approximate surface area is 104 Å². The van der Waals surface area contributed by atoms with Crippen LogP contribution in [0.25, 0.3) is 0 Å². The lowest BCUT2D eigenvalue weighted by Gasteiger charge is -2.12. The summed E-state index contributed by atoms with van der Waals surface area (Å²) in [6.07, 6.45) is 1.93. The molecule has 1 aromatic rings. The van der Waals surface area contributed by atoms with Crippen molar-refractivity contribution in [2.45, 2.75) is 25.9 Å². The maximum atomic E-state index is 13.1. The number of benzene rings is 1. The molecule has 0 radical (unpaired) electrons. The van der Waals surface area contributed by atoms with Gasteiger partial charge in [0, 0.05) is 18.7 Å². The van der Waals surface area contributed by atoms with Crippen LogP contribution in [-0.2, 0) is 4.74 Å². The lowest BCUT2D eigenvalue weighted by Crippen LogP contribution is -2.32. The summed E-state index contributed by atoms with van der Waals surface area (Å²) in [5.41, 5.74) is 0.575. The van der Waals surface area contributed by atoms with Gasteiger partial charge in [-0.25, -0.2) is 8.78 Å². The second-order valence-corrected chi connectivity index (χ2v) is 4.43. The van der Waals surface area contributed by atoms with Crippen molar-refractivity contribution >= 4 is 5.91 Å². The van der Waals surface area contributed by atoms with E-state index in [9.17, 15) is 13.6 Å². The van der Waals surface area contributed by atoms with E-state index in [0.717, 1.165) is 25.0 Å². The molecule has 1 aromatic carbocycles. The van der Waals surface area contributed by atoms with Crippen molar-refractivity contribution < 1.29 is 18.3 Å². The minimum atomic E-state index is -1.01. The van der Waals surface area contributed by atoms with Gasteiger partial charge in [-0.15, -0.1) is 0 Å². The van der Waals surface area contributed by atoms with Crippen LogP contribution in [-0.4, -0.2) is 25.2 Å². The van der Waals surface area contributed by atoms with Crippen LogP contribution in [0, 0.1) is 18.6 Å². The monoisotopic (exact) mass is 255 g/mol. The van der Waals surface area contributed by atoms with Crippen LogP contribution in [0.15, 0.2) is 12.1 Å². The molecule has 18 heavy (non-hydrogen) atoms. The van der Waals surface area contributed by atoms with E-state index in [0.29, 0.717) is 18.7 Å². The molecule has 1 aliphatic heterocycles. The zero-order valence-electron chi connectivity index (χ0n) is 10.1. The van der Waals surface area contributed by atoms with Gasteiger partial charge in [0.25, 0.3) is 5.91 Å². The highest BCUT2D eigenvalue weighted by Gasteiger charge is 2.18. The minimum absolute atomic E-state index is 0.0274. The summed E-state index contributed by atoms with van der Waals surface area (Å²) in [6, 6.07) is 1.95. The zero-order valence-corrected chi connectivity index (χ0v) is 10.1. The summed E-state index contributed by atoms with van der Waals surface area (Å²) in [7, 11) is 0. The van der Waals surface area contributed by atoms with Crippen LogP contribution in [0.2, 0.25) is 0 Å². The first-order chi connectivity index (χ1) is 8.58. The molecule has 1 saturated heterocycles. The molecule has 3 nitrogen and oxygen atoms in total. The predicted molar refractivity (Wildman–Crippen MR) is 62.4 cm³/mol. The number of rotatable bonds is 3. The standard InChI is InChI=1S/C13H15F2NO2/c1-8-5-11(14)12(15)6-10(8)13(17)16-7-9-3-2-4-18-9/h5-6,9H,2-4,7H2,1H3,(H,16,17). The van der Waals surface area contributed by atoms with Gasteiger partial charge >= 0.3 is 0 Å². The molecule has 5 heteroatoms. The maximum absolute atomic E-state index is 13.1. The van der Waals surface area contributed by atoms with E-state index >= 15 is 0 Å². The molecule has 1 atom stereocenters. The van der Waals surface area contributed by atoms with Gasteiger partial charge in [0.05, 0.1) is 6.10 Å². The third-order valence-corrected chi connectivity index (χ3v) is 3.03. The summed E-state index contributed by atoms with van der Waals surface area (Å²) in [6.45, 7) is 2.69. The largest absolute Gasteiger partial charge is 0.376 e. The molecule has 2 rings (SSSR count). The summed E-state index contributed by atoms with van der Waals surface area (Å²) in [5, 5.41) is 2.68. The van der Waals surface area contributed by atoms with E-state index in [4.69, 9.17) is 4.74 Å². The fraction of sp³-hybridized carbons (Fsp3) is 0.462. The smallest absolute Gasteiger partial charge is 0.251 e. The lowest BCUT2D eigenvalue weighted by molar-refractivity contribution is 0.0857. The number of ether oxygens (including phenoxy) is 1. The highest BCUT2D eigenvalue weighted by Crippen LogP contribution is 2.15. The van der Waals surface area contributed by atoms with Gasteiger partial charge in [-0.05, 0) is 37.5 Å². The van der Waals surface area contributed by atoms with E-state index in [-0.39, 0.29) is 11.7 Å². The van der Waals surface area contributed by atoms with Crippen LogP contribution in [0.4, 0.5) is 8.78 Å². The Bertz CT molecular complexity index is 457. The van der Waals surface area contributed by atoms with Gasteiger partial charge in [-0.1, -0.05) is 0 Å². The average Bonchev–Trinajstić information content (AvgIpc) is 2.84. The summed E-state index contributed by atoms with van der Waals surface area (Å²) >= 11 is 0. The normalized spacial score (nSPS) is 18.9. The Morgan fingerprint density at radius 3 is 2.83 bits per heavy atom. The molecule has 1 N–H and O–H groups in total. The molecule has 0 aromatic heterocycles. The predicted octanol–water partition coefficient (Wildman–Crippen LogP) is 2.18. The third kappa shape index (κ3) is 2.85. The van der Waals surface area contributed by atoms with Crippen molar-refractivity contribution in [2.75, 3.05) is 13.2 Å². The molecule has 1 aliphatic rings. The average molecular weight is 255 g/mol. The van der Waals surface area contributed by atoms with Crippen LogP contribution in [0.1, 0.15) is 28.8 Å². The summed E-state index contributed by atoms with van der Waals surface area (Å²) in [5.74, 6) is -2.35. The van der Waals surface area contributed by atoms with Gasteiger partial charge in [0.15, 0.2) is 11.6 Å². The number of carbonyl (C=O) groups excluding carboxylic acids is 1. The minimum Gasteiger partial charge on any atom is -0.376 e. The molecule has 1 fully saturated rings. The van der Waals surface area contributed by atoms with Crippen molar-refractivity contribution in [1.82, 2.24) is 5.32 Å². The van der Waals surface area contributed by atoms with Crippen molar-refractivity contribution in [3.8, 4) is 0 Å². The molecule has 1 amide bonds. The molecule has 1 unspecified atom stereocenters. The number of amides is 1. The van der Waals surface area contributed by atoms with E-state index < -0.39 is 17.5 Å². The summed E-state index contributed by atoms with van der Waals surface area (Å²) in [4.78, 5) is 11.8. The van der Waals surface area contributed by atoms with Crippen molar-refractivity contribution in [2.24, 2.45) is 0 Å². The molecule has 0 aliphatic carbocycles. The molecular formula is C13H15F2NO2. The first-order valence-electron chi connectivity index (χ1n) is 5.93. The summed E-state index contributed by atoms with van der Waals surface area (Å²) < 4.78 is 31.4. The van der Waals surface area contributed by atoms with Crippen molar-refractivity contribution in [3.63, 3.8) is 0 Å². The lowest BCUT2D eigenvalue weighted by atomic mass is 10.1. The van der Waals surface area contributed by atoms with Gasteiger partial charge in [0.1, 0.15) is 0 Å². The van der Waals surface area contributed by atoms with E-state index in [1.165, 1.54) is 0 Å². The number of nitrogens with one attached hydrogen (secondary N) is 1. The van der Waals surface area contributed by atoms with Gasteiger partial charge in [0.2, 0.25) is 0 Å². The van der Waals surface area contributed by atoms with Crippen LogP contribution < -0.4 is 5.32 Å². The Morgan fingerprint density at radius 2 is 2.17 bits per heavy atom. The highest BCUT2D eigenvalue weighted by molar-refractivity contribution is 5.95. The van der Waals surface area contributed by atoms with Crippen LogP contribution in [0.3, 0.4) is 0 Å². The second kappa shape index (κ2) is 5.44. The molecule has 98 valence electrons. The fourth-order valence-electron chi connectivity index (χ4n) is 2.00. The van der Waals surface area contributed by atoms with E-state index in [1.54, 1.807) is 6.92 Å². The Balaban J connectivity index is 2.01. The van der Waals surface area contributed by atoms with Gasteiger partial charge in [-0.2, -0.15) is 0 Å². The first-order valence-corrected chi connectivity index (χ1v) is 5.93. The van der Waals surface area contributed by atoms with Crippen molar-refractivity contribution in [3.05, 3.63) is 34.9 Å². The first kappa shape index (κ1) is 13.0. The van der Waals surface area contributed by atoms with E-state index in [2.05, 4.69) is 5.32 Å². The number of aryl methyl sites for hydroxylation is 1. The molecule has 0 spiro atoms. The maximum Gasteiger partial charge on any atom is 0.251 e. The zero-order chi connectivity index (χ0) is 13.1. The molecule has 0 saturated carbocycles. The van der Waals surface area contributed by atoms with Crippen LogP contribution in [0.5, 0.6) is 0 Å². The Hall–Kier alpha value is -1.49. The van der Waals surface area contributed by atoms with Crippen molar-refractivity contribution in [1.29, 1.82) is 0 Å².